The molecule has 1 aliphatic rings. The molecule has 0 spiro atoms. The lowest BCUT2D eigenvalue weighted by Crippen LogP contribution is -2.22. The van der Waals surface area contributed by atoms with Crippen LogP contribution in [0.2, 0.25) is 0 Å². The molecule has 1 N–H and O–H groups in total. The van der Waals surface area contributed by atoms with Gasteiger partial charge in [0.25, 0.3) is 0 Å². The van der Waals surface area contributed by atoms with Crippen LogP contribution in [-0.2, 0) is 25.8 Å². The Morgan fingerprint density at radius 2 is 1.79 bits per heavy atom. The van der Waals surface area contributed by atoms with Gasteiger partial charge in [-0.3, -0.25) is 0 Å². The standard InChI is InChI=1S/C29H35NO2S/c1-29(2)17-16-25-24(19-29)26(28(31)32)27(33-25)23-15-8-7-14-22(23)20-30(3)18-10-9-13-21-11-5-4-6-12-21/h4-8,11-12,14-15H,9-10,13,16-20H2,1-3H3,(H,31,32). The Morgan fingerprint density at radius 1 is 1.06 bits per heavy atom. The molecule has 0 saturated carbocycles. The van der Waals surface area contributed by atoms with E-state index < -0.39 is 5.97 Å². The Hall–Kier alpha value is -2.43. The number of nitrogens with zero attached hydrogens (tertiary/aromatic N) is 1. The van der Waals surface area contributed by atoms with Crippen LogP contribution in [0.4, 0.5) is 0 Å². The summed E-state index contributed by atoms with van der Waals surface area (Å²) in [5, 5.41) is 10.1. The van der Waals surface area contributed by atoms with Crippen molar-refractivity contribution in [3.05, 3.63) is 81.7 Å². The summed E-state index contributed by atoms with van der Waals surface area (Å²) in [4.78, 5) is 16.9. The van der Waals surface area contributed by atoms with Crippen molar-refractivity contribution >= 4 is 17.3 Å². The van der Waals surface area contributed by atoms with E-state index in [2.05, 4.69) is 74.3 Å². The topological polar surface area (TPSA) is 40.5 Å². The molecule has 0 bridgehead atoms. The highest BCUT2D eigenvalue weighted by Crippen LogP contribution is 2.45. The first-order valence-electron chi connectivity index (χ1n) is 12.0. The van der Waals surface area contributed by atoms with Crippen LogP contribution in [0.15, 0.2) is 54.6 Å². The van der Waals surface area contributed by atoms with Gasteiger partial charge in [0.05, 0.1) is 5.56 Å². The summed E-state index contributed by atoms with van der Waals surface area (Å²) in [6.45, 7) is 6.36. The number of fused-ring (bicyclic) bond motifs is 1. The van der Waals surface area contributed by atoms with E-state index >= 15 is 0 Å². The second-order valence-electron chi connectivity index (χ2n) is 10.2. The molecule has 1 aromatic heterocycles. The monoisotopic (exact) mass is 461 g/mol. The first-order chi connectivity index (χ1) is 15.8. The van der Waals surface area contributed by atoms with Gasteiger partial charge in [0.2, 0.25) is 0 Å². The van der Waals surface area contributed by atoms with E-state index in [1.165, 1.54) is 22.4 Å². The van der Waals surface area contributed by atoms with Gasteiger partial charge in [0.1, 0.15) is 0 Å². The molecule has 4 heteroatoms. The molecular weight excluding hydrogens is 426 g/mol. The summed E-state index contributed by atoms with van der Waals surface area (Å²) < 4.78 is 0. The average Bonchev–Trinajstić information content (AvgIpc) is 3.15. The van der Waals surface area contributed by atoms with Crippen molar-refractivity contribution < 1.29 is 9.90 Å². The molecule has 3 aromatic rings. The Bertz CT molecular complexity index is 1100. The van der Waals surface area contributed by atoms with E-state index in [9.17, 15) is 9.90 Å². The molecule has 174 valence electrons. The predicted octanol–water partition coefficient (Wildman–Crippen LogP) is 7.08. The number of thiophene rings is 1. The van der Waals surface area contributed by atoms with Gasteiger partial charge in [-0.25, -0.2) is 4.79 Å². The molecule has 3 nitrogen and oxygen atoms in total. The summed E-state index contributed by atoms with van der Waals surface area (Å²) in [7, 11) is 2.17. The van der Waals surface area contributed by atoms with Crippen molar-refractivity contribution in [2.45, 2.75) is 58.9 Å². The average molecular weight is 462 g/mol. The highest BCUT2D eigenvalue weighted by atomic mass is 32.1. The molecule has 0 unspecified atom stereocenters. The van der Waals surface area contributed by atoms with E-state index in [0.717, 1.165) is 61.2 Å². The number of benzene rings is 2. The fourth-order valence-electron chi connectivity index (χ4n) is 4.94. The molecule has 0 radical (unpaired) electrons. The number of carboxylic acids is 1. The number of unbranched alkanes of at least 4 members (excludes halogenated alkanes) is 1. The zero-order valence-corrected chi connectivity index (χ0v) is 20.9. The first kappa shape index (κ1) is 23.7. The van der Waals surface area contributed by atoms with E-state index in [4.69, 9.17) is 0 Å². The number of aryl methyl sites for hydroxylation is 2. The molecule has 0 fully saturated rings. The van der Waals surface area contributed by atoms with E-state index in [0.29, 0.717) is 5.56 Å². The zero-order valence-electron chi connectivity index (χ0n) is 20.1. The Morgan fingerprint density at radius 3 is 2.55 bits per heavy atom. The largest absolute Gasteiger partial charge is 0.478 e. The van der Waals surface area contributed by atoms with Crippen LogP contribution >= 0.6 is 11.3 Å². The van der Waals surface area contributed by atoms with Crippen LogP contribution in [0.3, 0.4) is 0 Å². The van der Waals surface area contributed by atoms with Crippen LogP contribution in [0.25, 0.3) is 10.4 Å². The van der Waals surface area contributed by atoms with Gasteiger partial charge in [-0.1, -0.05) is 68.4 Å². The third-order valence-corrected chi connectivity index (χ3v) is 8.11. The first-order valence-corrected chi connectivity index (χ1v) is 12.8. The second-order valence-corrected chi connectivity index (χ2v) is 11.3. The van der Waals surface area contributed by atoms with Crippen molar-refractivity contribution in [1.82, 2.24) is 4.90 Å². The summed E-state index contributed by atoms with van der Waals surface area (Å²) in [5.41, 5.74) is 5.47. The number of hydrogen-bond acceptors (Lipinski definition) is 3. The van der Waals surface area contributed by atoms with Crippen molar-refractivity contribution in [2.24, 2.45) is 5.41 Å². The highest BCUT2D eigenvalue weighted by Gasteiger charge is 2.33. The lowest BCUT2D eigenvalue weighted by atomic mass is 9.76. The van der Waals surface area contributed by atoms with E-state index in [1.807, 2.05) is 6.07 Å². The van der Waals surface area contributed by atoms with Crippen molar-refractivity contribution in [2.75, 3.05) is 13.6 Å². The minimum atomic E-state index is -0.788. The zero-order chi connectivity index (χ0) is 23.4. The Kier molecular flexibility index (Phi) is 7.35. The Labute approximate surface area is 202 Å². The third-order valence-electron chi connectivity index (χ3n) is 6.79. The SMILES string of the molecule is CN(CCCCc1ccccc1)Cc1ccccc1-c1sc2c(c1C(=O)O)CC(C)(C)CC2. The maximum Gasteiger partial charge on any atom is 0.337 e. The van der Waals surface area contributed by atoms with Gasteiger partial charge in [-0.05, 0) is 79.8 Å². The van der Waals surface area contributed by atoms with Gasteiger partial charge in [0, 0.05) is 16.3 Å². The molecule has 2 aromatic carbocycles. The minimum Gasteiger partial charge on any atom is -0.478 e. The minimum absolute atomic E-state index is 0.162. The molecule has 1 aliphatic carbocycles. The van der Waals surface area contributed by atoms with Gasteiger partial charge < -0.3 is 10.0 Å². The molecule has 1 heterocycles. The second kappa shape index (κ2) is 10.2. The maximum atomic E-state index is 12.4. The van der Waals surface area contributed by atoms with E-state index in [1.54, 1.807) is 11.3 Å². The normalized spacial score (nSPS) is 14.9. The number of aromatic carboxylic acids is 1. The molecule has 33 heavy (non-hydrogen) atoms. The summed E-state index contributed by atoms with van der Waals surface area (Å²) in [6, 6.07) is 19.0. The predicted molar refractivity (Wildman–Crippen MR) is 138 cm³/mol. The highest BCUT2D eigenvalue weighted by molar-refractivity contribution is 7.16. The molecule has 0 saturated heterocycles. The number of rotatable bonds is 9. The quantitative estimate of drug-likeness (QED) is 0.346. The lowest BCUT2D eigenvalue weighted by Gasteiger charge is -2.29. The van der Waals surface area contributed by atoms with Crippen LogP contribution in [0, 0.1) is 5.41 Å². The van der Waals surface area contributed by atoms with Crippen molar-refractivity contribution in [3.63, 3.8) is 0 Å². The van der Waals surface area contributed by atoms with Gasteiger partial charge in [0.15, 0.2) is 0 Å². The molecule has 0 amide bonds. The summed E-state index contributed by atoms with van der Waals surface area (Å²) >= 11 is 1.71. The summed E-state index contributed by atoms with van der Waals surface area (Å²) in [5.74, 6) is -0.788. The molecule has 4 rings (SSSR count). The van der Waals surface area contributed by atoms with Crippen LogP contribution in [-0.4, -0.2) is 29.6 Å². The van der Waals surface area contributed by atoms with Gasteiger partial charge in [-0.15, -0.1) is 11.3 Å². The molecule has 0 aliphatic heterocycles. The fraction of sp³-hybridized carbons (Fsp3) is 0.414. The molecular formula is C29H35NO2S. The lowest BCUT2D eigenvalue weighted by molar-refractivity contribution is 0.0696. The number of carboxylic acid groups (broad SMARTS) is 1. The van der Waals surface area contributed by atoms with Crippen LogP contribution in [0.5, 0.6) is 0 Å². The van der Waals surface area contributed by atoms with Crippen molar-refractivity contribution in [3.8, 4) is 10.4 Å². The van der Waals surface area contributed by atoms with Gasteiger partial charge >= 0.3 is 5.97 Å². The number of carbonyl (C=O) groups is 1. The maximum absolute atomic E-state index is 12.4. The number of hydrogen-bond donors (Lipinski definition) is 1. The van der Waals surface area contributed by atoms with Gasteiger partial charge in [-0.2, -0.15) is 0 Å². The van der Waals surface area contributed by atoms with Crippen LogP contribution < -0.4 is 0 Å². The van der Waals surface area contributed by atoms with E-state index in [-0.39, 0.29) is 5.41 Å². The summed E-state index contributed by atoms with van der Waals surface area (Å²) in [6.07, 6.45) is 6.39. The fourth-order valence-corrected chi connectivity index (χ4v) is 6.31. The smallest absolute Gasteiger partial charge is 0.337 e. The third kappa shape index (κ3) is 5.74. The Balaban J connectivity index is 1.49. The van der Waals surface area contributed by atoms with Crippen molar-refractivity contribution in [1.29, 1.82) is 0 Å². The molecule has 0 atom stereocenters. The van der Waals surface area contributed by atoms with Crippen LogP contribution in [0.1, 0.15) is 65.0 Å².